The van der Waals surface area contributed by atoms with Gasteiger partial charge < -0.3 is 4.74 Å². The van der Waals surface area contributed by atoms with E-state index in [2.05, 4.69) is 0 Å². The molecule has 5 heteroatoms. The van der Waals surface area contributed by atoms with Crippen molar-refractivity contribution in [1.29, 1.82) is 0 Å². The lowest BCUT2D eigenvalue weighted by Gasteiger charge is -2.06. The Morgan fingerprint density at radius 3 is 2.48 bits per heavy atom. The number of carbonyl (C=O) groups is 1. The molecular formula is C18H13NO4. The smallest absolute Gasteiger partial charge is 0.338 e. The minimum absolute atomic E-state index is 0.0303. The predicted octanol–water partition coefficient (Wildman–Crippen LogP) is 3.71. The summed E-state index contributed by atoms with van der Waals surface area (Å²) >= 11 is 0. The fourth-order valence-corrected chi connectivity index (χ4v) is 2.54. The molecule has 3 rings (SSSR count). The zero-order valence-electron chi connectivity index (χ0n) is 12.4. The minimum Gasteiger partial charge on any atom is -0.465 e. The maximum atomic E-state index is 12.0. The summed E-state index contributed by atoms with van der Waals surface area (Å²) in [5.74, 6) is -0.408. The number of esters is 1. The Bertz CT molecular complexity index is 848. The summed E-state index contributed by atoms with van der Waals surface area (Å²) in [4.78, 5) is 22.3. The van der Waals surface area contributed by atoms with Crippen LogP contribution in [0.15, 0.2) is 54.1 Å². The maximum absolute atomic E-state index is 12.0. The molecule has 0 unspecified atom stereocenters. The Morgan fingerprint density at radius 1 is 1.13 bits per heavy atom. The van der Waals surface area contributed by atoms with E-state index in [-0.39, 0.29) is 5.69 Å². The van der Waals surface area contributed by atoms with Gasteiger partial charge in [0.25, 0.3) is 5.69 Å². The van der Waals surface area contributed by atoms with Crippen LogP contribution in [-0.2, 0) is 9.53 Å². The topological polar surface area (TPSA) is 69.4 Å². The van der Waals surface area contributed by atoms with Crippen molar-refractivity contribution < 1.29 is 14.5 Å². The van der Waals surface area contributed by atoms with E-state index in [9.17, 15) is 14.9 Å². The Balaban J connectivity index is 2.06. The summed E-state index contributed by atoms with van der Waals surface area (Å²) < 4.78 is 4.85. The largest absolute Gasteiger partial charge is 0.465 e. The number of nitrogens with zero attached hydrogens (tertiary/aromatic N) is 1. The second-order valence-corrected chi connectivity index (χ2v) is 5.04. The number of carbonyl (C=O) groups excluding carboxylic acids is 1. The summed E-state index contributed by atoms with van der Waals surface area (Å²) in [6, 6.07) is 13.8. The molecule has 0 fully saturated rings. The quantitative estimate of drug-likeness (QED) is 0.492. The Kier molecular flexibility index (Phi) is 3.76. The average molecular weight is 307 g/mol. The van der Waals surface area contributed by atoms with Crippen molar-refractivity contribution in [3.63, 3.8) is 0 Å². The van der Waals surface area contributed by atoms with Gasteiger partial charge in [-0.3, -0.25) is 10.1 Å². The molecule has 114 valence electrons. The molecule has 2 aromatic carbocycles. The standard InChI is InChI=1S/C18H13NO4/c1-23-18(20)17-11-13-4-2-3-5-15(13)16(17)10-12-6-8-14(9-7-12)19(21)22/h2-11H,1H3/b16-10+. The maximum Gasteiger partial charge on any atom is 0.338 e. The fraction of sp³-hybridized carbons (Fsp3) is 0.0556. The minimum atomic E-state index is -0.443. The highest BCUT2D eigenvalue weighted by atomic mass is 16.6. The number of rotatable bonds is 3. The number of fused-ring (bicyclic) bond motifs is 1. The van der Waals surface area contributed by atoms with Crippen molar-refractivity contribution in [2.45, 2.75) is 0 Å². The van der Waals surface area contributed by atoms with Crippen LogP contribution in [0.25, 0.3) is 17.7 Å². The summed E-state index contributed by atoms with van der Waals surface area (Å²) in [6.07, 6.45) is 3.62. The number of methoxy groups -OCH3 is 1. The van der Waals surface area contributed by atoms with Gasteiger partial charge in [-0.2, -0.15) is 0 Å². The molecule has 0 saturated carbocycles. The molecule has 0 radical (unpaired) electrons. The third-order valence-electron chi connectivity index (χ3n) is 3.66. The second-order valence-electron chi connectivity index (χ2n) is 5.04. The van der Waals surface area contributed by atoms with Gasteiger partial charge in [-0.25, -0.2) is 4.79 Å². The van der Waals surface area contributed by atoms with Crippen molar-refractivity contribution in [3.05, 3.63) is 80.9 Å². The van der Waals surface area contributed by atoms with Crippen molar-refractivity contribution in [3.8, 4) is 0 Å². The Morgan fingerprint density at radius 2 is 1.83 bits per heavy atom. The molecule has 0 amide bonds. The molecule has 0 atom stereocenters. The van der Waals surface area contributed by atoms with Crippen LogP contribution in [0.2, 0.25) is 0 Å². The molecule has 0 spiro atoms. The first-order valence-electron chi connectivity index (χ1n) is 6.96. The third kappa shape index (κ3) is 2.76. The van der Waals surface area contributed by atoms with E-state index >= 15 is 0 Å². The van der Waals surface area contributed by atoms with Crippen LogP contribution >= 0.6 is 0 Å². The number of non-ortho nitro benzene ring substituents is 1. The van der Waals surface area contributed by atoms with Crippen LogP contribution in [0.1, 0.15) is 16.7 Å². The number of benzene rings is 2. The highest BCUT2D eigenvalue weighted by Crippen LogP contribution is 2.37. The van der Waals surface area contributed by atoms with E-state index in [1.807, 2.05) is 30.3 Å². The van der Waals surface area contributed by atoms with E-state index in [1.54, 1.807) is 18.2 Å². The van der Waals surface area contributed by atoms with Gasteiger partial charge in [0, 0.05) is 12.1 Å². The first-order valence-corrected chi connectivity index (χ1v) is 6.96. The molecule has 5 nitrogen and oxygen atoms in total. The lowest BCUT2D eigenvalue weighted by atomic mass is 10.00. The molecule has 1 aliphatic rings. The first-order chi connectivity index (χ1) is 11.1. The van der Waals surface area contributed by atoms with Gasteiger partial charge in [0.15, 0.2) is 0 Å². The Labute approximate surface area is 132 Å². The molecule has 0 aliphatic heterocycles. The van der Waals surface area contributed by atoms with Gasteiger partial charge in [-0.1, -0.05) is 24.3 Å². The van der Waals surface area contributed by atoms with Gasteiger partial charge in [0.1, 0.15) is 0 Å². The van der Waals surface area contributed by atoms with Crippen LogP contribution in [-0.4, -0.2) is 18.0 Å². The monoisotopic (exact) mass is 307 g/mol. The molecule has 2 aromatic rings. The van der Waals surface area contributed by atoms with Crippen molar-refractivity contribution in [2.24, 2.45) is 0 Å². The summed E-state index contributed by atoms with van der Waals surface area (Å²) in [6.45, 7) is 0. The van der Waals surface area contributed by atoms with Crippen LogP contribution in [0.5, 0.6) is 0 Å². The summed E-state index contributed by atoms with van der Waals surface area (Å²) in [5, 5.41) is 10.7. The lowest BCUT2D eigenvalue weighted by molar-refractivity contribution is -0.384. The number of nitro benzene ring substituents is 1. The zero-order chi connectivity index (χ0) is 16.4. The number of hydrogen-bond acceptors (Lipinski definition) is 4. The molecular weight excluding hydrogens is 294 g/mol. The van der Waals surface area contributed by atoms with Crippen molar-refractivity contribution in [2.75, 3.05) is 7.11 Å². The second kappa shape index (κ2) is 5.88. The van der Waals surface area contributed by atoms with E-state index in [0.29, 0.717) is 5.57 Å². The highest BCUT2D eigenvalue weighted by Gasteiger charge is 2.24. The fourth-order valence-electron chi connectivity index (χ4n) is 2.54. The normalized spacial score (nSPS) is 14.3. The zero-order valence-corrected chi connectivity index (χ0v) is 12.4. The van der Waals surface area contributed by atoms with Crippen LogP contribution < -0.4 is 0 Å². The van der Waals surface area contributed by atoms with Crippen molar-refractivity contribution >= 4 is 29.4 Å². The first kappa shape index (κ1) is 14.7. The number of ether oxygens (including phenoxy) is 1. The van der Waals surface area contributed by atoms with E-state index in [1.165, 1.54) is 19.2 Å². The lowest BCUT2D eigenvalue weighted by Crippen LogP contribution is -2.03. The number of hydrogen-bond donors (Lipinski definition) is 0. The molecule has 0 heterocycles. The van der Waals surface area contributed by atoms with Crippen LogP contribution in [0.4, 0.5) is 5.69 Å². The van der Waals surface area contributed by atoms with E-state index in [0.717, 1.165) is 22.3 Å². The molecule has 0 aromatic heterocycles. The van der Waals surface area contributed by atoms with Crippen LogP contribution in [0, 0.1) is 10.1 Å². The third-order valence-corrected chi connectivity index (χ3v) is 3.66. The van der Waals surface area contributed by atoms with Gasteiger partial charge in [0.05, 0.1) is 17.6 Å². The molecule has 1 aliphatic carbocycles. The van der Waals surface area contributed by atoms with Gasteiger partial charge in [-0.15, -0.1) is 0 Å². The average Bonchev–Trinajstić information content (AvgIpc) is 2.93. The van der Waals surface area contributed by atoms with Gasteiger partial charge in [0.2, 0.25) is 0 Å². The summed E-state index contributed by atoms with van der Waals surface area (Å²) in [7, 11) is 1.34. The van der Waals surface area contributed by atoms with Gasteiger partial charge in [-0.05, 0) is 46.5 Å². The SMILES string of the molecule is COC(=O)C1=Cc2ccccc2/C1=C\c1ccc([N+](=O)[O-])cc1. The number of nitro groups is 1. The predicted molar refractivity (Wildman–Crippen MR) is 87.4 cm³/mol. The molecule has 0 N–H and O–H groups in total. The van der Waals surface area contributed by atoms with E-state index < -0.39 is 10.9 Å². The molecule has 0 bridgehead atoms. The van der Waals surface area contributed by atoms with E-state index in [4.69, 9.17) is 4.74 Å². The summed E-state index contributed by atoms with van der Waals surface area (Å²) in [5.41, 5.74) is 3.92. The van der Waals surface area contributed by atoms with Gasteiger partial charge >= 0.3 is 5.97 Å². The molecule has 0 saturated heterocycles. The van der Waals surface area contributed by atoms with Crippen molar-refractivity contribution in [1.82, 2.24) is 0 Å². The molecule has 23 heavy (non-hydrogen) atoms. The Hall–Kier alpha value is -3.21. The highest BCUT2D eigenvalue weighted by molar-refractivity contribution is 6.18. The van der Waals surface area contributed by atoms with Crippen LogP contribution in [0.3, 0.4) is 0 Å².